The van der Waals surface area contributed by atoms with E-state index in [0.717, 1.165) is 11.3 Å². The maximum Gasteiger partial charge on any atom is 0.338 e. The summed E-state index contributed by atoms with van der Waals surface area (Å²) in [6.45, 7) is 5.21. The number of hydrogen-bond donors (Lipinski definition) is 0. The van der Waals surface area contributed by atoms with Crippen LogP contribution in [0.5, 0.6) is 5.75 Å². The highest BCUT2D eigenvalue weighted by Crippen LogP contribution is 2.34. The zero-order chi connectivity index (χ0) is 29.4. The van der Waals surface area contributed by atoms with E-state index in [4.69, 9.17) is 25.5 Å². The molecule has 1 atom stereocenters. The van der Waals surface area contributed by atoms with Crippen LogP contribution in [0.2, 0.25) is 5.02 Å². The van der Waals surface area contributed by atoms with Gasteiger partial charge >= 0.3 is 5.97 Å². The molecular weight excluding hydrogens is 570 g/mol. The number of carbonyl (C=O) groups excluding carboxylic acids is 1. The van der Waals surface area contributed by atoms with Crippen LogP contribution in [0.15, 0.2) is 80.1 Å². The number of hydrogen-bond acceptors (Lipinski definition) is 9. The molecule has 4 aromatic rings. The summed E-state index contributed by atoms with van der Waals surface area (Å²) in [7, 11) is 1.55. The molecule has 1 unspecified atom stereocenters. The van der Waals surface area contributed by atoms with E-state index in [1.54, 1.807) is 70.4 Å². The monoisotopic (exact) mass is 593 g/mol. The molecule has 2 aromatic heterocycles. The highest BCUT2D eigenvalue weighted by molar-refractivity contribution is 7.07. The zero-order valence-electron chi connectivity index (χ0n) is 22.4. The Labute approximate surface area is 242 Å². The number of ether oxygens (including phenoxy) is 2. The number of nitro benzene ring substituents is 1. The molecule has 0 aliphatic carbocycles. The summed E-state index contributed by atoms with van der Waals surface area (Å²) in [5.41, 5.74) is 1.06. The molecule has 3 heterocycles. The third-order valence-corrected chi connectivity index (χ3v) is 7.56. The van der Waals surface area contributed by atoms with E-state index in [-0.39, 0.29) is 39.3 Å². The predicted octanol–water partition coefficient (Wildman–Crippen LogP) is 5.02. The van der Waals surface area contributed by atoms with E-state index in [0.29, 0.717) is 32.1 Å². The van der Waals surface area contributed by atoms with Crippen LogP contribution in [0.4, 0.5) is 5.69 Å². The number of nitrogens with zero attached hydrogens (tertiary/aromatic N) is 3. The Morgan fingerprint density at radius 1 is 1.20 bits per heavy atom. The summed E-state index contributed by atoms with van der Waals surface area (Å²) in [4.78, 5) is 43.0. The van der Waals surface area contributed by atoms with Crippen LogP contribution < -0.4 is 19.6 Å². The fourth-order valence-electron chi connectivity index (χ4n) is 4.53. The molecule has 210 valence electrons. The lowest BCUT2D eigenvalue weighted by Crippen LogP contribution is -2.40. The van der Waals surface area contributed by atoms with E-state index in [1.807, 2.05) is 0 Å². The third-order valence-electron chi connectivity index (χ3n) is 6.34. The smallest absolute Gasteiger partial charge is 0.338 e. The SMILES string of the molecule is COc1ccc(C2C(C(=O)OC(C)C)=C(C)N=c3s/c(=C\c4ccc(-c5ccc(Cl)cc5[N+](=O)[O-])o4)c(=O)n32)cc1. The van der Waals surface area contributed by atoms with Crippen molar-refractivity contribution in [3.05, 3.63) is 112 Å². The number of methoxy groups -OCH3 is 1. The second kappa shape index (κ2) is 11.2. The number of allylic oxidation sites excluding steroid dienone is 1. The molecule has 12 heteroatoms. The van der Waals surface area contributed by atoms with Crippen LogP contribution in [0, 0.1) is 10.1 Å². The van der Waals surface area contributed by atoms with Crippen molar-refractivity contribution in [2.75, 3.05) is 7.11 Å². The van der Waals surface area contributed by atoms with E-state index in [1.165, 1.54) is 22.8 Å². The lowest BCUT2D eigenvalue weighted by molar-refractivity contribution is -0.384. The second-order valence-corrected chi connectivity index (χ2v) is 10.9. The summed E-state index contributed by atoms with van der Waals surface area (Å²) in [6.07, 6.45) is 1.18. The van der Waals surface area contributed by atoms with Crippen LogP contribution in [0.1, 0.15) is 38.1 Å². The average Bonchev–Trinajstić information content (AvgIpc) is 3.51. The number of esters is 1. The number of nitro groups is 1. The molecule has 10 nitrogen and oxygen atoms in total. The number of furan rings is 1. The van der Waals surface area contributed by atoms with Crippen LogP contribution in [-0.4, -0.2) is 28.7 Å². The van der Waals surface area contributed by atoms with Crippen molar-refractivity contribution in [3.8, 4) is 17.1 Å². The highest BCUT2D eigenvalue weighted by Gasteiger charge is 2.34. The summed E-state index contributed by atoms with van der Waals surface area (Å²) in [5, 5.41) is 11.8. The number of carbonyl (C=O) groups is 1. The number of aromatic nitrogens is 1. The lowest BCUT2D eigenvalue weighted by Gasteiger charge is -2.25. The highest BCUT2D eigenvalue weighted by atomic mass is 35.5. The van der Waals surface area contributed by atoms with Crippen molar-refractivity contribution in [2.24, 2.45) is 4.99 Å². The first-order valence-electron chi connectivity index (χ1n) is 12.5. The number of fused-ring (bicyclic) bond motifs is 1. The maximum absolute atomic E-state index is 13.8. The van der Waals surface area contributed by atoms with Gasteiger partial charge in [0.05, 0.1) is 45.5 Å². The largest absolute Gasteiger partial charge is 0.497 e. The Balaban J connectivity index is 1.63. The molecule has 5 rings (SSSR count). The van der Waals surface area contributed by atoms with Gasteiger partial charge < -0.3 is 13.9 Å². The molecule has 0 radical (unpaired) electrons. The molecule has 0 amide bonds. The van der Waals surface area contributed by atoms with E-state index >= 15 is 0 Å². The molecule has 0 saturated heterocycles. The Kier molecular flexibility index (Phi) is 7.65. The first kappa shape index (κ1) is 28.1. The molecule has 0 saturated carbocycles. The van der Waals surface area contributed by atoms with Gasteiger partial charge in [-0.05, 0) is 62.7 Å². The van der Waals surface area contributed by atoms with Gasteiger partial charge in [-0.2, -0.15) is 0 Å². The van der Waals surface area contributed by atoms with Crippen molar-refractivity contribution in [1.82, 2.24) is 4.57 Å². The Morgan fingerprint density at radius 2 is 1.93 bits per heavy atom. The molecule has 0 N–H and O–H groups in total. The first-order chi connectivity index (χ1) is 19.6. The van der Waals surface area contributed by atoms with Gasteiger partial charge in [-0.25, -0.2) is 9.79 Å². The minimum atomic E-state index is -0.783. The van der Waals surface area contributed by atoms with Crippen molar-refractivity contribution in [3.63, 3.8) is 0 Å². The molecule has 41 heavy (non-hydrogen) atoms. The average molecular weight is 594 g/mol. The summed E-state index contributed by atoms with van der Waals surface area (Å²) >= 11 is 7.08. The molecule has 0 spiro atoms. The summed E-state index contributed by atoms with van der Waals surface area (Å²) < 4.78 is 18.5. The standard InChI is InChI=1S/C29H24ClN3O7S/c1-15(2)39-28(35)25-16(3)31-29-32(26(25)17-5-8-19(38-4)9-6-17)27(34)24(41-29)14-20-10-12-23(40-20)21-11-7-18(30)13-22(21)33(36)37/h5-15,26H,1-4H3/b24-14-. The molecule has 1 aliphatic heterocycles. The summed E-state index contributed by atoms with van der Waals surface area (Å²) in [5.74, 6) is 0.628. The quantitative estimate of drug-likeness (QED) is 0.167. The van der Waals surface area contributed by atoms with Crippen molar-refractivity contribution in [1.29, 1.82) is 0 Å². The fraction of sp³-hybridized carbons (Fsp3) is 0.207. The van der Waals surface area contributed by atoms with E-state index in [2.05, 4.69) is 4.99 Å². The van der Waals surface area contributed by atoms with Crippen LogP contribution in [0.3, 0.4) is 0 Å². The maximum atomic E-state index is 13.8. The van der Waals surface area contributed by atoms with Crippen LogP contribution >= 0.6 is 22.9 Å². The van der Waals surface area contributed by atoms with Gasteiger partial charge in [-0.15, -0.1) is 0 Å². The van der Waals surface area contributed by atoms with Crippen molar-refractivity contribution < 1.29 is 23.6 Å². The van der Waals surface area contributed by atoms with Gasteiger partial charge in [-0.1, -0.05) is 35.1 Å². The van der Waals surface area contributed by atoms with Gasteiger partial charge in [-0.3, -0.25) is 19.5 Å². The lowest BCUT2D eigenvalue weighted by atomic mass is 9.96. The van der Waals surface area contributed by atoms with Gasteiger partial charge in [0.1, 0.15) is 17.3 Å². The number of rotatable bonds is 7. The topological polar surface area (TPSA) is 126 Å². The first-order valence-corrected chi connectivity index (χ1v) is 13.7. The molecular formula is C29H24ClN3O7S. The Morgan fingerprint density at radius 3 is 2.59 bits per heavy atom. The minimum absolute atomic E-state index is 0.200. The molecule has 2 aromatic carbocycles. The van der Waals surface area contributed by atoms with Crippen LogP contribution in [0.25, 0.3) is 17.4 Å². The van der Waals surface area contributed by atoms with Crippen LogP contribution in [-0.2, 0) is 9.53 Å². The fourth-order valence-corrected chi connectivity index (χ4v) is 5.72. The third kappa shape index (κ3) is 5.46. The predicted molar refractivity (Wildman–Crippen MR) is 154 cm³/mol. The van der Waals surface area contributed by atoms with E-state index in [9.17, 15) is 19.7 Å². The molecule has 0 fully saturated rings. The second-order valence-electron chi connectivity index (χ2n) is 9.43. The van der Waals surface area contributed by atoms with Crippen molar-refractivity contribution >= 4 is 40.7 Å². The Hall–Kier alpha value is -4.48. The number of benzene rings is 2. The van der Waals surface area contributed by atoms with Gasteiger partial charge in [0.15, 0.2) is 4.80 Å². The number of halogens is 1. The van der Waals surface area contributed by atoms with E-state index < -0.39 is 16.9 Å². The van der Waals surface area contributed by atoms with Gasteiger partial charge in [0, 0.05) is 17.2 Å². The van der Waals surface area contributed by atoms with Gasteiger partial charge in [0.25, 0.3) is 11.2 Å². The molecule has 0 bridgehead atoms. The van der Waals surface area contributed by atoms with Crippen molar-refractivity contribution in [2.45, 2.75) is 32.9 Å². The van der Waals surface area contributed by atoms with Gasteiger partial charge in [0.2, 0.25) is 0 Å². The summed E-state index contributed by atoms with van der Waals surface area (Å²) in [6, 6.07) is 13.8. The zero-order valence-corrected chi connectivity index (χ0v) is 24.0. The molecule has 1 aliphatic rings. The number of thiazole rings is 1. The Bertz CT molecular complexity index is 1880. The normalized spacial score (nSPS) is 15.1. The minimum Gasteiger partial charge on any atom is -0.497 e.